The van der Waals surface area contributed by atoms with Gasteiger partial charge in [-0.05, 0) is 59.5 Å². The van der Waals surface area contributed by atoms with Crippen LogP contribution in [-0.4, -0.2) is 33.8 Å². The number of para-hydroxylation sites is 1. The quantitative estimate of drug-likeness (QED) is 0.303. The molecule has 5 nitrogen and oxygen atoms in total. The van der Waals surface area contributed by atoms with Crippen molar-refractivity contribution in [2.24, 2.45) is 0 Å². The standard InChI is InChI=1S/C27H19Cl3N2O3/c28-21-5-2-1-4-18(21)20-14-17(16-10-12-31(13-11-16)27(34)35)15-24-19(20)8-9-25(33)32(24)26-22(29)6-3-7-23(26)30/h1-10,14-15H,11-13H2,(H,34,35). The van der Waals surface area contributed by atoms with Gasteiger partial charge in [0, 0.05) is 35.1 Å². The lowest BCUT2D eigenvalue weighted by Crippen LogP contribution is -2.33. The highest BCUT2D eigenvalue weighted by Gasteiger charge is 2.21. The molecule has 0 radical (unpaired) electrons. The Morgan fingerprint density at radius 3 is 2.23 bits per heavy atom. The van der Waals surface area contributed by atoms with E-state index >= 15 is 0 Å². The minimum atomic E-state index is -0.947. The van der Waals surface area contributed by atoms with Crippen molar-refractivity contribution < 1.29 is 9.90 Å². The van der Waals surface area contributed by atoms with Gasteiger partial charge < -0.3 is 10.0 Å². The van der Waals surface area contributed by atoms with E-state index in [4.69, 9.17) is 34.8 Å². The average Bonchev–Trinajstić information content (AvgIpc) is 2.85. The molecule has 176 valence electrons. The van der Waals surface area contributed by atoms with E-state index in [0.717, 1.165) is 27.6 Å². The van der Waals surface area contributed by atoms with Gasteiger partial charge in [-0.25, -0.2) is 4.79 Å². The summed E-state index contributed by atoms with van der Waals surface area (Å²) in [5, 5.41) is 11.4. The molecule has 0 atom stereocenters. The summed E-state index contributed by atoms with van der Waals surface area (Å²) in [6, 6.07) is 19.9. The Hall–Kier alpha value is -3.25. The Morgan fingerprint density at radius 2 is 1.57 bits per heavy atom. The van der Waals surface area contributed by atoms with Gasteiger partial charge in [-0.2, -0.15) is 0 Å². The summed E-state index contributed by atoms with van der Waals surface area (Å²) in [6.45, 7) is 0.681. The van der Waals surface area contributed by atoms with Crippen molar-refractivity contribution in [1.29, 1.82) is 0 Å². The van der Waals surface area contributed by atoms with E-state index in [0.29, 0.717) is 45.8 Å². The maximum atomic E-state index is 13.2. The first kappa shape index (κ1) is 23.5. The van der Waals surface area contributed by atoms with Crippen molar-refractivity contribution in [2.75, 3.05) is 13.1 Å². The number of amides is 1. The number of carbonyl (C=O) groups is 1. The van der Waals surface area contributed by atoms with E-state index < -0.39 is 6.09 Å². The Kier molecular flexibility index (Phi) is 6.32. The van der Waals surface area contributed by atoms with E-state index in [1.54, 1.807) is 24.3 Å². The van der Waals surface area contributed by atoms with Crippen LogP contribution in [0.5, 0.6) is 0 Å². The molecule has 1 aliphatic heterocycles. The van der Waals surface area contributed by atoms with E-state index in [-0.39, 0.29) is 5.56 Å². The van der Waals surface area contributed by atoms with Crippen molar-refractivity contribution in [1.82, 2.24) is 9.47 Å². The van der Waals surface area contributed by atoms with Crippen molar-refractivity contribution in [3.8, 4) is 16.8 Å². The van der Waals surface area contributed by atoms with Crippen LogP contribution < -0.4 is 5.56 Å². The van der Waals surface area contributed by atoms with Crippen LogP contribution in [0.4, 0.5) is 4.79 Å². The molecule has 0 unspecified atom stereocenters. The number of nitrogens with zero attached hydrogens (tertiary/aromatic N) is 2. The van der Waals surface area contributed by atoms with Gasteiger partial charge in [0.1, 0.15) is 0 Å². The predicted octanol–water partition coefficient (Wildman–Crippen LogP) is 7.39. The molecular formula is C27H19Cl3N2O3. The number of hydrogen-bond acceptors (Lipinski definition) is 2. The van der Waals surface area contributed by atoms with Gasteiger partial charge in [0.25, 0.3) is 5.56 Å². The van der Waals surface area contributed by atoms with Crippen molar-refractivity contribution in [3.05, 3.63) is 104 Å². The molecule has 1 aliphatic rings. The summed E-state index contributed by atoms with van der Waals surface area (Å²) >= 11 is 19.6. The molecule has 35 heavy (non-hydrogen) atoms. The number of halogens is 3. The van der Waals surface area contributed by atoms with Crippen molar-refractivity contribution in [2.45, 2.75) is 6.42 Å². The minimum absolute atomic E-state index is 0.274. The van der Waals surface area contributed by atoms with Gasteiger partial charge in [-0.1, -0.05) is 65.1 Å². The van der Waals surface area contributed by atoms with Gasteiger partial charge in [0.15, 0.2) is 0 Å². The van der Waals surface area contributed by atoms with Gasteiger partial charge in [0.2, 0.25) is 0 Å². The van der Waals surface area contributed by atoms with Gasteiger partial charge in [0.05, 0.1) is 21.2 Å². The van der Waals surface area contributed by atoms with Crippen LogP contribution in [0.3, 0.4) is 0 Å². The molecule has 4 aromatic rings. The number of benzene rings is 3. The van der Waals surface area contributed by atoms with Crippen LogP contribution in [0.2, 0.25) is 15.1 Å². The highest BCUT2D eigenvalue weighted by Crippen LogP contribution is 2.38. The summed E-state index contributed by atoms with van der Waals surface area (Å²) < 4.78 is 1.52. The van der Waals surface area contributed by atoms with Crippen LogP contribution in [-0.2, 0) is 0 Å². The van der Waals surface area contributed by atoms with E-state index in [1.165, 1.54) is 15.5 Å². The Morgan fingerprint density at radius 1 is 0.857 bits per heavy atom. The average molecular weight is 526 g/mol. The fraction of sp³-hybridized carbons (Fsp3) is 0.111. The molecule has 0 fully saturated rings. The Balaban J connectivity index is 1.84. The zero-order valence-corrected chi connectivity index (χ0v) is 20.6. The molecule has 0 bridgehead atoms. The first-order valence-corrected chi connectivity index (χ1v) is 12.0. The molecule has 0 aliphatic carbocycles. The third kappa shape index (κ3) is 4.31. The topological polar surface area (TPSA) is 62.5 Å². The van der Waals surface area contributed by atoms with E-state index in [1.807, 2.05) is 42.5 Å². The fourth-order valence-electron chi connectivity index (χ4n) is 4.47. The lowest BCUT2D eigenvalue weighted by Gasteiger charge is -2.25. The monoisotopic (exact) mass is 524 g/mol. The summed E-state index contributed by atoms with van der Waals surface area (Å²) in [6.07, 6.45) is 1.50. The van der Waals surface area contributed by atoms with E-state index in [2.05, 4.69) is 0 Å². The summed E-state index contributed by atoms with van der Waals surface area (Å²) in [5.74, 6) is 0. The predicted molar refractivity (Wildman–Crippen MR) is 142 cm³/mol. The number of rotatable bonds is 3. The van der Waals surface area contributed by atoms with Crippen molar-refractivity contribution >= 4 is 57.4 Å². The third-order valence-corrected chi connectivity index (χ3v) is 7.13. The van der Waals surface area contributed by atoms with E-state index in [9.17, 15) is 14.7 Å². The lowest BCUT2D eigenvalue weighted by atomic mass is 9.92. The molecule has 1 aromatic heterocycles. The first-order chi connectivity index (χ1) is 16.8. The maximum Gasteiger partial charge on any atom is 0.407 e. The second-order valence-electron chi connectivity index (χ2n) is 8.22. The second-order valence-corrected chi connectivity index (χ2v) is 9.44. The van der Waals surface area contributed by atoms with Crippen molar-refractivity contribution in [3.63, 3.8) is 0 Å². The molecule has 1 amide bonds. The molecule has 8 heteroatoms. The summed E-state index contributed by atoms with van der Waals surface area (Å²) in [4.78, 5) is 25.9. The molecular weight excluding hydrogens is 507 g/mol. The lowest BCUT2D eigenvalue weighted by molar-refractivity contribution is 0.150. The minimum Gasteiger partial charge on any atom is -0.465 e. The SMILES string of the molecule is O=C(O)N1CC=C(c2cc(-c3ccccc3Cl)c3ccc(=O)n(-c4c(Cl)cccc4Cl)c3c2)CC1. The van der Waals surface area contributed by atoms with Crippen LogP contribution in [0.1, 0.15) is 12.0 Å². The number of aromatic nitrogens is 1. The zero-order chi connectivity index (χ0) is 24.7. The second kappa shape index (κ2) is 9.42. The number of fused-ring (bicyclic) bond motifs is 1. The van der Waals surface area contributed by atoms with Gasteiger partial charge in [-0.15, -0.1) is 0 Å². The number of pyridine rings is 1. The number of hydrogen-bond donors (Lipinski definition) is 1. The molecule has 1 N–H and O–H groups in total. The summed E-state index contributed by atoms with van der Waals surface area (Å²) in [7, 11) is 0. The van der Waals surface area contributed by atoms with Crippen LogP contribution in [0.15, 0.2) is 77.6 Å². The van der Waals surface area contributed by atoms with Gasteiger partial charge >= 0.3 is 6.09 Å². The highest BCUT2D eigenvalue weighted by molar-refractivity contribution is 6.38. The Bertz CT molecular complexity index is 1560. The fourth-order valence-corrected chi connectivity index (χ4v) is 5.28. The molecule has 0 spiro atoms. The molecule has 0 saturated heterocycles. The third-order valence-electron chi connectivity index (χ3n) is 6.19. The first-order valence-electron chi connectivity index (χ1n) is 10.9. The number of carboxylic acid groups (broad SMARTS) is 1. The van der Waals surface area contributed by atoms with Gasteiger partial charge in [-0.3, -0.25) is 9.36 Å². The van der Waals surface area contributed by atoms with Crippen LogP contribution in [0, 0.1) is 0 Å². The molecule has 2 heterocycles. The molecule has 5 rings (SSSR count). The normalized spacial score (nSPS) is 13.7. The maximum absolute atomic E-state index is 13.2. The zero-order valence-electron chi connectivity index (χ0n) is 18.3. The largest absolute Gasteiger partial charge is 0.465 e. The van der Waals surface area contributed by atoms with Crippen LogP contribution in [0.25, 0.3) is 33.3 Å². The smallest absolute Gasteiger partial charge is 0.407 e. The molecule has 0 saturated carbocycles. The Labute approximate surface area is 216 Å². The molecule has 3 aromatic carbocycles. The van der Waals surface area contributed by atoms with Crippen LogP contribution >= 0.6 is 34.8 Å². The highest BCUT2D eigenvalue weighted by atomic mass is 35.5. The summed E-state index contributed by atoms with van der Waals surface area (Å²) in [5.41, 5.74) is 4.29.